The van der Waals surface area contributed by atoms with Crippen molar-refractivity contribution in [2.24, 2.45) is 0 Å². The highest BCUT2D eigenvalue weighted by Crippen LogP contribution is 2.24. The van der Waals surface area contributed by atoms with Gasteiger partial charge in [-0.2, -0.15) is 5.10 Å². The fraction of sp³-hybridized carbons (Fsp3) is 0.471. The van der Waals surface area contributed by atoms with Gasteiger partial charge in [0.15, 0.2) is 0 Å². The van der Waals surface area contributed by atoms with E-state index in [0.717, 1.165) is 16.3 Å². The van der Waals surface area contributed by atoms with E-state index in [1.54, 1.807) is 11.3 Å². The molecule has 2 heterocycles. The minimum absolute atomic E-state index is 0.134. The Bertz CT molecular complexity index is 714. The summed E-state index contributed by atoms with van der Waals surface area (Å²) >= 11 is 1.60. The molecule has 2 N–H and O–H groups in total. The Kier molecular flexibility index (Phi) is 5.43. The third kappa shape index (κ3) is 4.67. The summed E-state index contributed by atoms with van der Waals surface area (Å²) < 4.78 is 1.89. The number of nitrogens with zero attached hydrogens (tertiary/aromatic N) is 2. The van der Waals surface area contributed by atoms with Crippen LogP contribution >= 0.6 is 11.3 Å². The van der Waals surface area contributed by atoms with E-state index in [1.165, 1.54) is 0 Å². The SMILES string of the molecule is Cc1cc(C)n(C(CNC(=O)C(=O)NC(C)(C)C)c2cccs2)n1. The number of hydrogen-bond acceptors (Lipinski definition) is 4. The van der Waals surface area contributed by atoms with Gasteiger partial charge in [0.25, 0.3) is 0 Å². The lowest BCUT2D eigenvalue weighted by Gasteiger charge is -2.21. The van der Waals surface area contributed by atoms with E-state index < -0.39 is 17.4 Å². The van der Waals surface area contributed by atoms with Gasteiger partial charge in [-0.15, -0.1) is 11.3 Å². The van der Waals surface area contributed by atoms with Gasteiger partial charge in [-0.05, 0) is 52.1 Å². The first-order valence-corrected chi connectivity index (χ1v) is 8.72. The number of carbonyl (C=O) groups is 2. The van der Waals surface area contributed by atoms with Crippen LogP contribution in [0.5, 0.6) is 0 Å². The highest BCUT2D eigenvalue weighted by molar-refractivity contribution is 7.10. The molecule has 2 aromatic heterocycles. The quantitative estimate of drug-likeness (QED) is 0.832. The van der Waals surface area contributed by atoms with E-state index in [1.807, 2.05) is 62.9 Å². The number of hydrogen-bond donors (Lipinski definition) is 2. The molecule has 7 heteroatoms. The van der Waals surface area contributed by atoms with Crippen molar-refractivity contribution in [3.63, 3.8) is 0 Å². The third-order valence-electron chi connectivity index (χ3n) is 3.36. The first-order chi connectivity index (χ1) is 11.2. The van der Waals surface area contributed by atoms with Crippen molar-refractivity contribution in [1.29, 1.82) is 0 Å². The van der Waals surface area contributed by atoms with Crippen LogP contribution in [0, 0.1) is 13.8 Å². The van der Waals surface area contributed by atoms with Gasteiger partial charge >= 0.3 is 11.8 Å². The fourth-order valence-electron chi connectivity index (χ4n) is 2.42. The molecule has 24 heavy (non-hydrogen) atoms. The monoisotopic (exact) mass is 348 g/mol. The van der Waals surface area contributed by atoms with Crippen LogP contribution < -0.4 is 10.6 Å². The second-order valence-electron chi connectivity index (χ2n) is 6.82. The van der Waals surface area contributed by atoms with E-state index in [0.29, 0.717) is 6.54 Å². The van der Waals surface area contributed by atoms with E-state index in [9.17, 15) is 9.59 Å². The first-order valence-electron chi connectivity index (χ1n) is 7.84. The van der Waals surface area contributed by atoms with Crippen molar-refractivity contribution in [2.75, 3.05) is 6.54 Å². The molecule has 0 fully saturated rings. The molecule has 0 radical (unpaired) electrons. The molecule has 2 rings (SSSR count). The Morgan fingerprint density at radius 1 is 1.29 bits per heavy atom. The summed E-state index contributed by atoms with van der Waals surface area (Å²) in [7, 11) is 0. The molecule has 0 aromatic carbocycles. The molecule has 0 saturated carbocycles. The van der Waals surface area contributed by atoms with Crippen molar-refractivity contribution >= 4 is 23.2 Å². The average Bonchev–Trinajstić information content (AvgIpc) is 3.08. The lowest BCUT2D eigenvalue weighted by atomic mass is 10.1. The summed E-state index contributed by atoms with van der Waals surface area (Å²) in [6, 6.07) is 5.83. The van der Waals surface area contributed by atoms with Gasteiger partial charge in [-0.1, -0.05) is 6.07 Å². The van der Waals surface area contributed by atoms with Crippen LogP contribution in [-0.2, 0) is 9.59 Å². The minimum Gasteiger partial charge on any atom is -0.345 e. The number of thiophene rings is 1. The lowest BCUT2D eigenvalue weighted by Crippen LogP contribution is -2.49. The van der Waals surface area contributed by atoms with E-state index in [4.69, 9.17) is 0 Å². The summed E-state index contributed by atoms with van der Waals surface area (Å²) in [5.74, 6) is -1.26. The van der Waals surface area contributed by atoms with Crippen LogP contribution in [0.15, 0.2) is 23.6 Å². The Morgan fingerprint density at radius 2 is 2.00 bits per heavy atom. The molecule has 2 aromatic rings. The molecule has 2 amide bonds. The molecular weight excluding hydrogens is 324 g/mol. The number of aryl methyl sites for hydroxylation is 2. The molecule has 1 unspecified atom stereocenters. The summed E-state index contributed by atoms with van der Waals surface area (Å²) in [6.45, 7) is 9.73. The Hall–Kier alpha value is -2.15. The number of rotatable bonds is 4. The standard InChI is InChI=1S/C17H24N4O2S/c1-11-9-12(2)21(20-11)13(14-7-6-8-24-14)10-18-15(22)16(23)19-17(3,4)5/h6-9,13H,10H2,1-5H3,(H,18,22)(H,19,23). The van der Waals surface area contributed by atoms with Crippen LogP contribution in [0.3, 0.4) is 0 Å². The Labute approximate surface area is 146 Å². The average molecular weight is 348 g/mol. The van der Waals surface area contributed by atoms with Crippen LogP contribution in [0.2, 0.25) is 0 Å². The van der Waals surface area contributed by atoms with Crippen molar-refractivity contribution in [1.82, 2.24) is 20.4 Å². The van der Waals surface area contributed by atoms with Crippen LogP contribution in [0.1, 0.15) is 43.1 Å². The van der Waals surface area contributed by atoms with Crippen molar-refractivity contribution in [3.8, 4) is 0 Å². The predicted molar refractivity (Wildman–Crippen MR) is 95.1 cm³/mol. The van der Waals surface area contributed by atoms with E-state index in [-0.39, 0.29) is 6.04 Å². The zero-order valence-corrected chi connectivity index (χ0v) is 15.5. The highest BCUT2D eigenvalue weighted by Gasteiger charge is 2.23. The second-order valence-corrected chi connectivity index (χ2v) is 7.80. The number of aromatic nitrogens is 2. The molecule has 0 saturated heterocycles. The van der Waals surface area contributed by atoms with Gasteiger partial charge in [0.2, 0.25) is 0 Å². The summed E-state index contributed by atoms with van der Waals surface area (Å²) in [5, 5.41) is 11.9. The molecule has 0 spiro atoms. The number of amides is 2. The molecule has 6 nitrogen and oxygen atoms in total. The zero-order chi connectivity index (χ0) is 17.9. The lowest BCUT2D eigenvalue weighted by molar-refractivity contribution is -0.140. The summed E-state index contributed by atoms with van der Waals surface area (Å²) in [5.41, 5.74) is 1.49. The predicted octanol–water partition coefficient (Wildman–Crippen LogP) is 2.18. The molecular formula is C17H24N4O2S. The Balaban J connectivity index is 2.12. The molecule has 0 aliphatic carbocycles. The maximum Gasteiger partial charge on any atom is 0.309 e. The van der Waals surface area contributed by atoms with Crippen molar-refractivity contribution in [3.05, 3.63) is 39.8 Å². The summed E-state index contributed by atoms with van der Waals surface area (Å²) in [4.78, 5) is 25.1. The van der Waals surface area contributed by atoms with Gasteiger partial charge in [0, 0.05) is 22.7 Å². The van der Waals surface area contributed by atoms with Crippen LogP contribution in [-0.4, -0.2) is 33.7 Å². The van der Waals surface area contributed by atoms with Crippen molar-refractivity contribution < 1.29 is 9.59 Å². The van der Waals surface area contributed by atoms with Crippen LogP contribution in [0.25, 0.3) is 0 Å². The fourth-order valence-corrected chi connectivity index (χ4v) is 3.23. The summed E-state index contributed by atoms with van der Waals surface area (Å²) in [6.07, 6.45) is 0. The third-order valence-corrected chi connectivity index (χ3v) is 4.34. The largest absolute Gasteiger partial charge is 0.345 e. The maximum atomic E-state index is 12.1. The van der Waals surface area contributed by atoms with Crippen molar-refractivity contribution in [2.45, 2.75) is 46.2 Å². The van der Waals surface area contributed by atoms with E-state index in [2.05, 4.69) is 15.7 Å². The van der Waals surface area contributed by atoms with E-state index >= 15 is 0 Å². The molecule has 130 valence electrons. The van der Waals surface area contributed by atoms with Gasteiger partial charge in [-0.3, -0.25) is 14.3 Å². The Morgan fingerprint density at radius 3 is 2.50 bits per heavy atom. The van der Waals surface area contributed by atoms with Gasteiger partial charge in [0.1, 0.15) is 6.04 Å². The normalized spacial score (nSPS) is 12.7. The topological polar surface area (TPSA) is 76.0 Å². The second kappa shape index (κ2) is 7.17. The number of nitrogens with one attached hydrogen (secondary N) is 2. The van der Waals surface area contributed by atoms with Gasteiger partial charge in [0.05, 0.1) is 5.69 Å². The highest BCUT2D eigenvalue weighted by atomic mass is 32.1. The molecule has 0 aliphatic heterocycles. The first kappa shape index (κ1) is 18.2. The zero-order valence-electron chi connectivity index (χ0n) is 14.7. The molecule has 0 aliphatic rings. The molecule has 1 atom stereocenters. The van der Waals surface area contributed by atoms with Gasteiger partial charge in [-0.25, -0.2) is 0 Å². The van der Waals surface area contributed by atoms with Gasteiger partial charge < -0.3 is 10.6 Å². The van der Waals surface area contributed by atoms with Crippen LogP contribution in [0.4, 0.5) is 0 Å². The smallest absolute Gasteiger partial charge is 0.309 e. The maximum absolute atomic E-state index is 12.1. The minimum atomic E-state index is -0.631. The molecule has 0 bridgehead atoms. The number of carbonyl (C=O) groups excluding carboxylic acids is 2.